The van der Waals surface area contributed by atoms with Crippen LogP contribution < -0.4 is 0 Å². The Hall–Kier alpha value is -2.29. The minimum atomic E-state index is 0.896. The SMILES string of the molecule is Cc1cccc(-c2ccnc3cccnc23)n1. The molecule has 0 aliphatic rings. The summed E-state index contributed by atoms with van der Waals surface area (Å²) in [5.74, 6) is 0. The van der Waals surface area contributed by atoms with Crippen LogP contribution in [0.5, 0.6) is 0 Å². The van der Waals surface area contributed by atoms with Crippen molar-refractivity contribution in [3.63, 3.8) is 0 Å². The Morgan fingerprint density at radius 3 is 2.71 bits per heavy atom. The van der Waals surface area contributed by atoms with Gasteiger partial charge in [0.15, 0.2) is 0 Å². The summed E-state index contributed by atoms with van der Waals surface area (Å²) in [7, 11) is 0. The van der Waals surface area contributed by atoms with E-state index in [-0.39, 0.29) is 0 Å². The predicted octanol–water partition coefficient (Wildman–Crippen LogP) is 3.00. The van der Waals surface area contributed by atoms with E-state index < -0.39 is 0 Å². The van der Waals surface area contributed by atoms with E-state index in [9.17, 15) is 0 Å². The summed E-state index contributed by atoms with van der Waals surface area (Å²) in [4.78, 5) is 13.2. The predicted molar refractivity (Wildman–Crippen MR) is 67.5 cm³/mol. The van der Waals surface area contributed by atoms with Crippen LogP contribution in [0.3, 0.4) is 0 Å². The van der Waals surface area contributed by atoms with Gasteiger partial charge in [-0.1, -0.05) is 6.07 Å². The van der Waals surface area contributed by atoms with Crippen LogP contribution in [0.4, 0.5) is 0 Å². The molecule has 0 fully saturated rings. The first-order valence-electron chi connectivity index (χ1n) is 5.48. The molecule has 3 aromatic rings. The molecular formula is C14H11N3. The number of hydrogen-bond acceptors (Lipinski definition) is 3. The fraction of sp³-hybridized carbons (Fsp3) is 0.0714. The number of nitrogens with zero attached hydrogens (tertiary/aromatic N) is 3. The summed E-state index contributed by atoms with van der Waals surface area (Å²) in [6, 6.07) is 11.8. The highest BCUT2D eigenvalue weighted by Crippen LogP contribution is 2.23. The Morgan fingerprint density at radius 2 is 1.82 bits per heavy atom. The van der Waals surface area contributed by atoms with Gasteiger partial charge in [-0.2, -0.15) is 0 Å². The smallest absolute Gasteiger partial charge is 0.0980 e. The van der Waals surface area contributed by atoms with Crippen LogP contribution in [0, 0.1) is 6.92 Å². The lowest BCUT2D eigenvalue weighted by Crippen LogP contribution is -1.90. The van der Waals surface area contributed by atoms with Gasteiger partial charge in [0.2, 0.25) is 0 Å². The molecule has 3 heteroatoms. The van der Waals surface area contributed by atoms with Crippen molar-refractivity contribution in [3.05, 3.63) is 54.5 Å². The number of rotatable bonds is 1. The summed E-state index contributed by atoms with van der Waals surface area (Å²) < 4.78 is 0. The van der Waals surface area contributed by atoms with Gasteiger partial charge in [-0.15, -0.1) is 0 Å². The molecule has 0 amide bonds. The van der Waals surface area contributed by atoms with E-state index in [4.69, 9.17) is 0 Å². The van der Waals surface area contributed by atoms with Gasteiger partial charge in [0.1, 0.15) is 0 Å². The van der Waals surface area contributed by atoms with E-state index >= 15 is 0 Å². The van der Waals surface area contributed by atoms with Crippen LogP contribution in [-0.2, 0) is 0 Å². The second-order valence-electron chi connectivity index (χ2n) is 3.89. The van der Waals surface area contributed by atoms with Crippen molar-refractivity contribution in [2.45, 2.75) is 6.92 Å². The van der Waals surface area contributed by atoms with Gasteiger partial charge in [0, 0.05) is 23.7 Å². The quantitative estimate of drug-likeness (QED) is 0.634. The topological polar surface area (TPSA) is 38.7 Å². The van der Waals surface area contributed by atoms with Gasteiger partial charge in [-0.3, -0.25) is 15.0 Å². The zero-order chi connectivity index (χ0) is 11.7. The normalized spacial score (nSPS) is 10.6. The molecular weight excluding hydrogens is 210 g/mol. The summed E-state index contributed by atoms with van der Waals surface area (Å²) in [6.45, 7) is 1.99. The molecule has 3 aromatic heterocycles. The van der Waals surface area contributed by atoms with Crippen molar-refractivity contribution in [2.24, 2.45) is 0 Å². The molecule has 17 heavy (non-hydrogen) atoms. The Bertz CT molecular complexity index is 672. The molecule has 0 saturated carbocycles. The van der Waals surface area contributed by atoms with Crippen molar-refractivity contribution >= 4 is 11.0 Å². The summed E-state index contributed by atoms with van der Waals surface area (Å²) in [5, 5.41) is 0. The number of aryl methyl sites for hydroxylation is 1. The summed E-state index contributed by atoms with van der Waals surface area (Å²) in [5.41, 5.74) is 4.76. The van der Waals surface area contributed by atoms with Gasteiger partial charge >= 0.3 is 0 Å². The average Bonchev–Trinajstić information content (AvgIpc) is 2.38. The van der Waals surface area contributed by atoms with Gasteiger partial charge in [0.25, 0.3) is 0 Å². The Labute approximate surface area is 99.2 Å². The molecule has 0 saturated heterocycles. The summed E-state index contributed by atoms with van der Waals surface area (Å²) in [6.07, 6.45) is 3.58. The highest BCUT2D eigenvalue weighted by Gasteiger charge is 2.06. The maximum absolute atomic E-state index is 4.53. The Morgan fingerprint density at radius 1 is 0.882 bits per heavy atom. The molecule has 0 atom stereocenters. The zero-order valence-electron chi connectivity index (χ0n) is 9.46. The maximum atomic E-state index is 4.53. The highest BCUT2D eigenvalue weighted by atomic mass is 14.8. The fourth-order valence-electron chi connectivity index (χ4n) is 1.88. The molecule has 0 aliphatic carbocycles. The van der Waals surface area contributed by atoms with Crippen LogP contribution in [0.2, 0.25) is 0 Å². The van der Waals surface area contributed by atoms with Crippen LogP contribution in [-0.4, -0.2) is 15.0 Å². The molecule has 0 aromatic carbocycles. The number of hydrogen-bond donors (Lipinski definition) is 0. The molecule has 3 heterocycles. The number of aromatic nitrogens is 3. The lowest BCUT2D eigenvalue weighted by atomic mass is 10.1. The molecule has 82 valence electrons. The first-order valence-corrected chi connectivity index (χ1v) is 5.48. The standard InChI is InChI=1S/C14H11N3/c1-10-4-2-5-12(17-10)11-7-9-15-13-6-3-8-16-14(11)13/h2-9H,1H3. The molecule has 0 radical (unpaired) electrons. The number of fused-ring (bicyclic) bond motifs is 1. The minimum Gasteiger partial charge on any atom is -0.255 e. The van der Waals surface area contributed by atoms with Crippen molar-refractivity contribution in [1.29, 1.82) is 0 Å². The van der Waals surface area contributed by atoms with Gasteiger partial charge < -0.3 is 0 Å². The molecule has 0 N–H and O–H groups in total. The van der Waals surface area contributed by atoms with E-state index in [1.165, 1.54) is 0 Å². The van der Waals surface area contributed by atoms with Crippen molar-refractivity contribution in [3.8, 4) is 11.3 Å². The van der Waals surface area contributed by atoms with Gasteiger partial charge in [0.05, 0.1) is 16.7 Å². The third-order valence-electron chi connectivity index (χ3n) is 2.66. The van der Waals surface area contributed by atoms with E-state index in [0.29, 0.717) is 0 Å². The van der Waals surface area contributed by atoms with Gasteiger partial charge in [-0.05, 0) is 37.3 Å². The molecule has 3 nitrogen and oxygen atoms in total. The van der Waals surface area contributed by atoms with Crippen LogP contribution in [0.15, 0.2) is 48.8 Å². The lowest BCUT2D eigenvalue weighted by Gasteiger charge is -2.04. The molecule has 0 aliphatic heterocycles. The summed E-state index contributed by atoms with van der Waals surface area (Å²) >= 11 is 0. The van der Waals surface area contributed by atoms with E-state index in [2.05, 4.69) is 15.0 Å². The van der Waals surface area contributed by atoms with Crippen LogP contribution in [0.25, 0.3) is 22.3 Å². The lowest BCUT2D eigenvalue weighted by molar-refractivity contribution is 1.20. The average molecular weight is 221 g/mol. The molecule has 0 spiro atoms. The molecule has 0 unspecified atom stereocenters. The van der Waals surface area contributed by atoms with Crippen molar-refractivity contribution < 1.29 is 0 Å². The second kappa shape index (κ2) is 3.94. The van der Waals surface area contributed by atoms with Crippen molar-refractivity contribution in [1.82, 2.24) is 15.0 Å². The zero-order valence-corrected chi connectivity index (χ0v) is 9.46. The second-order valence-corrected chi connectivity index (χ2v) is 3.89. The Kier molecular flexibility index (Phi) is 2.29. The van der Waals surface area contributed by atoms with E-state index in [0.717, 1.165) is 28.0 Å². The first kappa shape index (κ1) is 9.90. The van der Waals surface area contributed by atoms with Crippen LogP contribution in [0.1, 0.15) is 5.69 Å². The van der Waals surface area contributed by atoms with E-state index in [1.54, 1.807) is 12.4 Å². The largest absolute Gasteiger partial charge is 0.255 e. The Balaban J connectivity index is 2.30. The highest BCUT2D eigenvalue weighted by molar-refractivity contribution is 5.89. The fourth-order valence-corrected chi connectivity index (χ4v) is 1.88. The third kappa shape index (κ3) is 1.76. The van der Waals surface area contributed by atoms with Crippen molar-refractivity contribution in [2.75, 3.05) is 0 Å². The third-order valence-corrected chi connectivity index (χ3v) is 2.66. The molecule has 3 rings (SSSR count). The van der Waals surface area contributed by atoms with Gasteiger partial charge in [-0.25, -0.2) is 0 Å². The van der Waals surface area contributed by atoms with E-state index in [1.807, 2.05) is 43.3 Å². The number of pyridine rings is 3. The van der Waals surface area contributed by atoms with Crippen LogP contribution >= 0.6 is 0 Å². The molecule has 0 bridgehead atoms. The maximum Gasteiger partial charge on any atom is 0.0980 e. The monoisotopic (exact) mass is 221 g/mol. The first-order chi connectivity index (χ1) is 8.34. The minimum absolute atomic E-state index is 0.896.